The molecule has 0 aliphatic carbocycles. The summed E-state index contributed by atoms with van der Waals surface area (Å²) in [4.78, 5) is 32.2. The van der Waals surface area contributed by atoms with Crippen LogP contribution in [0.25, 0.3) is 21.5 Å². The molecule has 0 saturated heterocycles. The molecule has 0 bridgehead atoms. The van der Waals surface area contributed by atoms with Crippen LogP contribution < -0.4 is 5.32 Å². The number of rotatable bonds is 7. The van der Waals surface area contributed by atoms with E-state index in [4.69, 9.17) is 5.26 Å². The van der Waals surface area contributed by atoms with E-state index in [1.54, 1.807) is 6.20 Å². The molecule has 2 heterocycles. The molecule has 0 fully saturated rings. The molecule has 26 heavy (non-hydrogen) atoms. The molecule has 0 atom stereocenters. The summed E-state index contributed by atoms with van der Waals surface area (Å²) < 4.78 is 0.916. The van der Waals surface area contributed by atoms with Gasteiger partial charge in [0, 0.05) is 24.6 Å². The summed E-state index contributed by atoms with van der Waals surface area (Å²) in [7, 11) is 0. The van der Waals surface area contributed by atoms with Gasteiger partial charge in [-0.2, -0.15) is 5.26 Å². The van der Waals surface area contributed by atoms with Gasteiger partial charge in [0.05, 0.1) is 23.7 Å². The van der Waals surface area contributed by atoms with Gasteiger partial charge in [-0.15, -0.1) is 11.3 Å². The summed E-state index contributed by atoms with van der Waals surface area (Å²) in [6, 6.07) is 13.9. The number of carbonyl (C=O) groups excluding carboxylic acids is 2. The van der Waals surface area contributed by atoms with Gasteiger partial charge in [0.15, 0.2) is 11.4 Å². The average Bonchev–Trinajstić information content (AvgIpc) is 3.06. The second-order valence-corrected chi connectivity index (χ2v) is 6.78. The lowest BCUT2D eigenvalue weighted by Crippen LogP contribution is -2.30. The lowest BCUT2D eigenvalue weighted by atomic mass is 10.1. The van der Waals surface area contributed by atoms with E-state index < -0.39 is 0 Å². The van der Waals surface area contributed by atoms with Crippen molar-refractivity contribution in [3.8, 4) is 17.2 Å². The maximum Gasteiger partial charge on any atom is 0.227 e. The van der Waals surface area contributed by atoms with E-state index in [9.17, 15) is 9.59 Å². The number of hydrogen-bond acceptors (Lipinski definition) is 6. The normalized spacial score (nSPS) is 10.4. The van der Waals surface area contributed by atoms with E-state index in [0.29, 0.717) is 10.7 Å². The summed E-state index contributed by atoms with van der Waals surface area (Å²) >= 11 is 1.42. The smallest absolute Gasteiger partial charge is 0.227 e. The Hall–Kier alpha value is -3.11. The van der Waals surface area contributed by atoms with Gasteiger partial charge >= 0.3 is 0 Å². The fraction of sp³-hybridized carbons (Fsp3) is 0.211. The van der Waals surface area contributed by atoms with Crippen molar-refractivity contribution in [1.82, 2.24) is 15.3 Å². The zero-order chi connectivity index (χ0) is 18.4. The summed E-state index contributed by atoms with van der Waals surface area (Å²) in [5.74, 6) is -0.420. The minimum atomic E-state index is -0.266. The van der Waals surface area contributed by atoms with Crippen LogP contribution in [0.3, 0.4) is 0 Å². The van der Waals surface area contributed by atoms with Gasteiger partial charge in [-0.1, -0.05) is 30.3 Å². The van der Waals surface area contributed by atoms with Crippen LogP contribution in [0.2, 0.25) is 0 Å². The van der Waals surface area contributed by atoms with Crippen LogP contribution in [0.15, 0.2) is 42.6 Å². The third-order valence-electron chi connectivity index (χ3n) is 3.71. The molecule has 0 unspecified atom stereocenters. The van der Waals surface area contributed by atoms with E-state index in [1.165, 1.54) is 11.3 Å². The molecule has 0 aliphatic heterocycles. The molecule has 0 aliphatic rings. The summed E-state index contributed by atoms with van der Waals surface area (Å²) in [5.41, 5.74) is 2.69. The quantitative estimate of drug-likeness (QED) is 0.695. The number of nitrogens with one attached hydrogen (secondary N) is 1. The second kappa shape index (κ2) is 8.32. The van der Waals surface area contributed by atoms with Gasteiger partial charge in [-0.25, -0.2) is 9.97 Å². The zero-order valence-corrected chi connectivity index (χ0v) is 14.8. The number of nitrogens with zero attached hydrogens (tertiary/aromatic N) is 3. The number of amides is 1. The van der Waals surface area contributed by atoms with Crippen molar-refractivity contribution in [2.24, 2.45) is 0 Å². The molecule has 2 aromatic heterocycles. The van der Waals surface area contributed by atoms with E-state index in [0.717, 1.165) is 15.8 Å². The molecule has 1 amide bonds. The Morgan fingerprint density at radius 3 is 2.77 bits per heavy atom. The number of pyridine rings is 1. The van der Waals surface area contributed by atoms with Crippen LogP contribution in [0.4, 0.5) is 0 Å². The second-order valence-electron chi connectivity index (χ2n) is 5.67. The Morgan fingerprint density at radius 2 is 2.00 bits per heavy atom. The molecule has 1 N–H and O–H groups in total. The molecule has 6 nitrogen and oxygen atoms in total. The molecule has 1 aromatic carbocycles. The zero-order valence-electron chi connectivity index (χ0n) is 13.9. The van der Waals surface area contributed by atoms with Gasteiger partial charge in [0.2, 0.25) is 5.91 Å². The number of nitriles is 1. The first kappa shape index (κ1) is 17.7. The van der Waals surface area contributed by atoms with Crippen LogP contribution in [0, 0.1) is 11.3 Å². The van der Waals surface area contributed by atoms with Crippen molar-refractivity contribution in [1.29, 1.82) is 5.26 Å². The topological polar surface area (TPSA) is 95.7 Å². The van der Waals surface area contributed by atoms with Crippen LogP contribution in [0.5, 0.6) is 0 Å². The largest absolute Gasteiger partial charge is 0.349 e. The Kier molecular flexibility index (Phi) is 5.66. The van der Waals surface area contributed by atoms with Gasteiger partial charge in [0.1, 0.15) is 5.01 Å². The molecule has 3 rings (SSSR count). The first-order chi connectivity index (χ1) is 12.7. The average molecular weight is 364 g/mol. The lowest BCUT2D eigenvalue weighted by molar-refractivity contribution is -0.124. The maximum atomic E-state index is 12.0. The van der Waals surface area contributed by atoms with E-state index in [1.807, 2.05) is 42.5 Å². The first-order valence-corrected chi connectivity index (χ1v) is 8.93. The minimum Gasteiger partial charge on any atom is -0.349 e. The van der Waals surface area contributed by atoms with Gasteiger partial charge < -0.3 is 5.32 Å². The predicted octanol–water partition coefficient (Wildman–Crippen LogP) is 2.89. The molecule has 0 spiro atoms. The molecule has 130 valence electrons. The third-order valence-corrected chi connectivity index (χ3v) is 4.70. The minimum absolute atomic E-state index is 0.0538. The van der Waals surface area contributed by atoms with Gasteiger partial charge in [0.25, 0.3) is 0 Å². The third kappa shape index (κ3) is 4.49. The standard InChI is InChI=1S/C19H16N4O2S/c20-8-4-7-15(24)12-21-17(25)10-18-23-19-16(26-18)9-14(11-22-19)13-5-2-1-3-6-13/h1-3,5-6,9,11H,4,7,10,12H2,(H,21,25). The number of benzene rings is 1. The van der Waals surface area contributed by atoms with Gasteiger partial charge in [-0.3, -0.25) is 9.59 Å². The number of aromatic nitrogens is 2. The highest BCUT2D eigenvalue weighted by molar-refractivity contribution is 7.18. The lowest BCUT2D eigenvalue weighted by Gasteiger charge is -2.01. The summed E-state index contributed by atoms with van der Waals surface area (Å²) in [5, 5.41) is 11.7. The molecular weight excluding hydrogens is 348 g/mol. The SMILES string of the molecule is N#CCCC(=O)CNC(=O)Cc1nc2ncc(-c3ccccc3)cc2s1. The van der Waals surface area contributed by atoms with Crippen molar-refractivity contribution in [3.63, 3.8) is 0 Å². The highest BCUT2D eigenvalue weighted by Gasteiger charge is 2.12. The number of fused-ring (bicyclic) bond motifs is 1. The monoisotopic (exact) mass is 364 g/mol. The van der Waals surface area contributed by atoms with Crippen molar-refractivity contribution >= 4 is 33.4 Å². The Morgan fingerprint density at radius 1 is 1.19 bits per heavy atom. The Balaban J connectivity index is 1.65. The first-order valence-electron chi connectivity index (χ1n) is 8.12. The van der Waals surface area contributed by atoms with E-state index in [-0.39, 0.29) is 37.5 Å². The van der Waals surface area contributed by atoms with E-state index >= 15 is 0 Å². The molecule has 3 aromatic rings. The van der Waals surface area contributed by atoms with E-state index in [2.05, 4.69) is 15.3 Å². The number of carbonyl (C=O) groups is 2. The van der Waals surface area contributed by atoms with Crippen molar-refractivity contribution in [2.75, 3.05) is 6.54 Å². The summed E-state index contributed by atoms with van der Waals surface area (Å²) in [6.07, 6.45) is 2.20. The summed E-state index contributed by atoms with van der Waals surface area (Å²) in [6.45, 7) is -0.0538. The molecule has 0 radical (unpaired) electrons. The number of ketones is 1. The Bertz CT molecular complexity index is 976. The number of thiazole rings is 1. The van der Waals surface area contributed by atoms with Crippen molar-refractivity contribution in [3.05, 3.63) is 47.6 Å². The van der Waals surface area contributed by atoms with Crippen LogP contribution in [-0.2, 0) is 16.0 Å². The predicted molar refractivity (Wildman–Crippen MR) is 99.4 cm³/mol. The molecule has 7 heteroatoms. The number of hydrogen-bond donors (Lipinski definition) is 1. The number of Topliss-reactive ketones (excluding diaryl/α,β-unsaturated/α-hetero) is 1. The fourth-order valence-corrected chi connectivity index (χ4v) is 3.37. The maximum absolute atomic E-state index is 12.0. The highest BCUT2D eigenvalue weighted by Crippen LogP contribution is 2.26. The van der Waals surface area contributed by atoms with Crippen LogP contribution >= 0.6 is 11.3 Å². The van der Waals surface area contributed by atoms with Crippen LogP contribution in [-0.4, -0.2) is 28.2 Å². The molecular formula is C19H16N4O2S. The Labute approximate surface area is 154 Å². The fourth-order valence-electron chi connectivity index (χ4n) is 2.41. The molecule has 0 saturated carbocycles. The van der Waals surface area contributed by atoms with Crippen molar-refractivity contribution < 1.29 is 9.59 Å². The van der Waals surface area contributed by atoms with Crippen molar-refractivity contribution in [2.45, 2.75) is 19.3 Å². The van der Waals surface area contributed by atoms with Gasteiger partial charge in [-0.05, 0) is 11.6 Å². The van der Waals surface area contributed by atoms with Crippen LogP contribution in [0.1, 0.15) is 17.8 Å². The highest BCUT2D eigenvalue weighted by atomic mass is 32.1.